The average molecular weight is 257 g/mol. The lowest BCUT2D eigenvalue weighted by Gasteiger charge is -2.24. The van der Waals surface area contributed by atoms with Crippen molar-refractivity contribution in [2.45, 2.75) is 45.1 Å². The van der Waals surface area contributed by atoms with Crippen LogP contribution in [0, 0.1) is 6.92 Å². The molecule has 0 aliphatic heterocycles. The van der Waals surface area contributed by atoms with Crippen LogP contribution in [-0.2, 0) is 0 Å². The second-order valence-electron chi connectivity index (χ2n) is 5.12. The molecular weight excluding hydrogens is 238 g/mol. The molecule has 1 aliphatic rings. The zero-order valence-electron chi connectivity index (χ0n) is 11.2. The smallest absolute Gasteiger partial charge is 0.147 e. The van der Waals surface area contributed by atoms with Crippen LogP contribution in [0.1, 0.15) is 37.7 Å². The van der Waals surface area contributed by atoms with Gasteiger partial charge in [-0.2, -0.15) is 10.2 Å². The molecule has 0 N–H and O–H groups in total. The van der Waals surface area contributed by atoms with E-state index in [1.165, 1.54) is 19.3 Å². The molecule has 0 amide bonds. The van der Waals surface area contributed by atoms with Crippen LogP contribution < -0.4 is 4.74 Å². The van der Waals surface area contributed by atoms with Crippen molar-refractivity contribution in [3.05, 3.63) is 36.2 Å². The number of aryl methyl sites for hydroxylation is 1. The highest BCUT2D eigenvalue weighted by molar-refractivity contribution is 5.51. The summed E-state index contributed by atoms with van der Waals surface area (Å²) >= 11 is 0. The Kier molecular flexibility index (Phi) is 3.49. The molecule has 0 saturated heterocycles. The van der Waals surface area contributed by atoms with Crippen LogP contribution in [0.5, 0.6) is 5.75 Å². The molecule has 19 heavy (non-hydrogen) atoms. The van der Waals surface area contributed by atoms with E-state index >= 15 is 0 Å². The SMILES string of the molecule is Cc1cccc(OC2CCCCC2)c1-n1nccn1. The Balaban J connectivity index is 1.90. The molecule has 1 saturated carbocycles. The molecule has 100 valence electrons. The van der Waals surface area contributed by atoms with Gasteiger partial charge in [0.1, 0.15) is 11.4 Å². The van der Waals surface area contributed by atoms with Crippen LogP contribution in [-0.4, -0.2) is 21.1 Å². The predicted molar refractivity (Wildman–Crippen MR) is 73.6 cm³/mol. The number of benzene rings is 1. The van der Waals surface area contributed by atoms with E-state index in [-0.39, 0.29) is 0 Å². The Morgan fingerprint density at radius 1 is 1.11 bits per heavy atom. The molecule has 1 heterocycles. The van der Waals surface area contributed by atoms with Gasteiger partial charge in [-0.15, -0.1) is 4.80 Å². The third kappa shape index (κ3) is 2.62. The predicted octanol–water partition coefficient (Wildman–Crippen LogP) is 3.29. The average Bonchev–Trinajstić information content (AvgIpc) is 2.94. The number of rotatable bonds is 3. The van der Waals surface area contributed by atoms with Crippen LogP contribution in [0.2, 0.25) is 0 Å². The lowest BCUT2D eigenvalue weighted by molar-refractivity contribution is 0.154. The topological polar surface area (TPSA) is 39.9 Å². The minimum Gasteiger partial charge on any atom is -0.488 e. The van der Waals surface area contributed by atoms with Crippen molar-refractivity contribution in [2.24, 2.45) is 0 Å². The first-order chi connectivity index (χ1) is 9.34. The fourth-order valence-corrected chi connectivity index (χ4v) is 2.68. The molecule has 1 aromatic heterocycles. The van der Waals surface area contributed by atoms with Gasteiger partial charge in [0.15, 0.2) is 0 Å². The van der Waals surface area contributed by atoms with Gasteiger partial charge in [0.2, 0.25) is 0 Å². The van der Waals surface area contributed by atoms with Crippen molar-refractivity contribution in [2.75, 3.05) is 0 Å². The number of nitrogens with zero attached hydrogens (tertiary/aromatic N) is 3. The minimum atomic E-state index is 0.338. The van der Waals surface area contributed by atoms with Gasteiger partial charge in [0, 0.05) is 0 Å². The molecule has 1 aromatic carbocycles. The summed E-state index contributed by atoms with van der Waals surface area (Å²) in [6.07, 6.45) is 9.90. The standard InChI is InChI=1S/C15H19N3O/c1-12-6-5-9-14(15(12)18-16-10-11-17-18)19-13-7-3-2-4-8-13/h5-6,9-11,13H,2-4,7-8H2,1H3. The van der Waals surface area contributed by atoms with Crippen LogP contribution in [0.15, 0.2) is 30.6 Å². The molecule has 0 radical (unpaired) electrons. The van der Waals surface area contributed by atoms with E-state index in [2.05, 4.69) is 23.2 Å². The number of hydrogen-bond donors (Lipinski definition) is 0. The van der Waals surface area contributed by atoms with Gasteiger partial charge in [-0.25, -0.2) is 0 Å². The van der Waals surface area contributed by atoms with Crippen LogP contribution in [0.25, 0.3) is 5.69 Å². The number of ether oxygens (including phenoxy) is 1. The molecule has 0 bridgehead atoms. The van der Waals surface area contributed by atoms with E-state index in [4.69, 9.17) is 4.74 Å². The van der Waals surface area contributed by atoms with E-state index < -0.39 is 0 Å². The highest BCUT2D eigenvalue weighted by atomic mass is 16.5. The zero-order valence-corrected chi connectivity index (χ0v) is 11.2. The van der Waals surface area contributed by atoms with Crippen molar-refractivity contribution in [1.29, 1.82) is 0 Å². The van der Waals surface area contributed by atoms with Gasteiger partial charge in [0.05, 0.1) is 18.5 Å². The molecule has 1 aliphatic carbocycles. The van der Waals surface area contributed by atoms with Gasteiger partial charge in [0.25, 0.3) is 0 Å². The van der Waals surface area contributed by atoms with Crippen molar-refractivity contribution >= 4 is 0 Å². The Bertz CT molecular complexity index is 530. The largest absolute Gasteiger partial charge is 0.488 e. The first kappa shape index (κ1) is 12.2. The van der Waals surface area contributed by atoms with Crippen molar-refractivity contribution < 1.29 is 4.74 Å². The maximum atomic E-state index is 6.19. The van der Waals surface area contributed by atoms with E-state index in [9.17, 15) is 0 Å². The molecule has 4 heteroatoms. The lowest BCUT2D eigenvalue weighted by Crippen LogP contribution is -2.20. The molecule has 0 unspecified atom stereocenters. The molecule has 2 aromatic rings. The van der Waals surface area contributed by atoms with Crippen LogP contribution in [0.4, 0.5) is 0 Å². The second kappa shape index (κ2) is 5.43. The monoisotopic (exact) mass is 257 g/mol. The molecule has 3 rings (SSSR count). The highest BCUT2D eigenvalue weighted by Crippen LogP contribution is 2.29. The van der Waals surface area contributed by atoms with E-state index in [0.717, 1.165) is 29.8 Å². The molecular formula is C15H19N3O. The van der Waals surface area contributed by atoms with Gasteiger partial charge >= 0.3 is 0 Å². The van der Waals surface area contributed by atoms with Gasteiger partial charge in [-0.1, -0.05) is 18.6 Å². The Morgan fingerprint density at radius 3 is 2.58 bits per heavy atom. The Hall–Kier alpha value is -1.84. The Morgan fingerprint density at radius 2 is 1.84 bits per heavy atom. The van der Waals surface area contributed by atoms with Crippen molar-refractivity contribution in [1.82, 2.24) is 15.0 Å². The Labute approximate surface area is 113 Å². The normalized spacial score (nSPS) is 16.5. The quantitative estimate of drug-likeness (QED) is 0.847. The van der Waals surface area contributed by atoms with Gasteiger partial charge in [-0.3, -0.25) is 0 Å². The maximum absolute atomic E-state index is 6.19. The van der Waals surface area contributed by atoms with Crippen molar-refractivity contribution in [3.8, 4) is 11.4 Å². The van der Waals surface area contributed by atoms with Crippen LogP contribution in [0.3, 0.4) is 0 Å². The summed E-state index contributed by atoms with van der Waals surface area (Å²) in [4.78, 5) is 1.65. The first-order valence-electron chi connectivity index (χ1n) is 6.97. The summed E-state index contributed by atoms with van der Waals surface area (Å²) in [5, 5.41) is 8.45. The van der Waals surface area contributed by atoms with Gasteiger partial charge in [-0.05, 0) is 44.2 Å². The number of hydrogen-bond acceptors (Lipinski definition) is 3. The summed E-state index contributed by atoms with van der Waals surface area (Å²) in [6, 6.07) is 6.10. The molecule has 1 fully saturated rings. The summed E-state index contributed by atoms with van der Waals surface area (Å²) in [5.74, 6) is 0.892. The molecule has 0 spiro atoms. The fraction of sp³-hybridized carbons (Fsp3) is 0.467. The highest BCUT2D eigenvalue weighted by Gasteiger charge is 2.18. The van der Waals surface area contributed by atoms with Crippen molar-refractivity contribution in [3.63, 3.8) is 0 Å². The third-order valence-corrected chi connectivity index (χ3v) is 3.67. The molecule has 4 nitrogen and oxygen atoms in total. The van der Waals surface area contributed by atoms with E-state index in [0.29, 0.717) is 6.10 Å². The first-order valence-corrected chi connectivity index (χ1v) is 6.97. The number of para-hydroxylation sites is 1. The lowest BCUT2D eigenvalue weighted by atomic mass is 9.98. The molecule has 0 atom stereocenters. The summed E-state index contributed by atoms with van der Waals surface area (Å²) in [6.45, 7) is 2.06. The zero-order chi connectivity index (χ0) is 13.1. The van der Waals surface area contributed by atoms with Crippen LogP contribution >= 0.6 is 0 Å². The fourth-order valence-electron chi connectivity index (χ4n) is 2.68. The second-order valence-corrected chi connectivity index (χ2v) is 5.12. The third-order valence-electron chi connectivity index (χ3n) is 3.67. The minimum absolute atomic E-state index is 0.338. The summed E-state index contributed by atoms with van der Waals surface area (Å²) < 4.78 is 6.19. The number of aromatic nitrogens is 3. The van der Waals surface area contributed by atoms with E-state index in [1.54, 1.807) is 17.2 Å². The summed E-state index contributed by atoms with van der Waals surface area (Å²) in [7, 11) is 0. The van der Waals surface area contributed by atoms with Gasteiger partial charge < -0.3 is 4.74 Å². The maximum Gasteiger partial charge on any atom is 0.147 e. The summed E-state index contributed by atoms with van der Waals surface area (Å²) in [5.41, 5.74) is 2.09. The van der Waals surface area contributed by atoms with E-state index in [1.807, 2.05) is 12.1 Å².